The van der Waals surface area contributed by atoms with Crippen molar-refractivity contribution in [1.29, 1.82) is 0 Å². The largest absolute Gasteiger partial charge is 0.398 e. The summed E-state index contributed by atoms with van der Waals surface area (Å²) in [6, 6.07) is 5.05. The Balaban J connectivity index is 2.29. The fraction of sp³-hybridized carbons (Fsp3) is 0.357. The highest BCUT2D eigenvalue weighted by Crippen LogP contribution is 2.20. The molecule has 2 aromatic rings. The molecule has 0 radical (unpaired) electrons. The van der Waals surface area contributed by atoms with E-state index < -0.39 is 10.0 Å². The van der Waals surface area contributed by atoms with Gasteiger partial charge in [-0.3, -0.25) is 4.72 Å². The predicted molar refractivity (Wildman–Crippen MR) is 83.7 cm³/mol. The third kappa shape index (κ3) is 3.36. The van der Waals surface area contributed by atoms with Crippen LogP contribution in [0.3, 0.4) is 0 Å². The Bertz CT molecular complexity index is 750. The number of hydrogen-bond acceptors (Lipinski definition) is 4. The fourth-order valence-electron chi connectivity index (χ4n) is 1.99. The molecule has 3 N–H and O–H groups in total. The lowest BCUT2D eigenvalue weighted by Crippen LogP contribution is -2.13. The Morgan fingerprint density at radius 3 is 2.67 bits per heavy atom. The van der Waals surface area contributed by atoms with E-state index in [4.69, 9.17) is 5.73 Å². The van der Waals surface area contributed by atoms with E-state index in [1.54, 1.807) is 31.3 Å². The van der Waals surface area contributed by atoms with Gasteiger partial charge in [0.1, 0.15) is 5.82 Å². The number of sulfonamides is 1. The number of nitrogen functional groups attached to an aromatic ring is 1. The SMILES string of the molecule is CCCn1cc(S(=O)(=O)Nc2ccc(C)c(N)c2)nc1C. The Labute approximate surface area is 125 Å². The van der Waals surface area contributed by atoms with Crippen LogP contribution in [0.2, 0.25) is 0 Å². The number of aromatic nitrogens is 2. The van der Waals surface area contributed by atoms with Gasteiger partial charge in [-0.05, 0) is 38.0 Å². The van der Waals surface area contributed by atoms with Gasteiger partial charge in [-0.1, -0.05) is 13.0 Å². The molecular formula is C14H20N4O2S. The van der Waals surface area contributed by atoms with Gasteiger partial charge < -0.3 is 10.3 Å². The number of anilines is 2. The number of nitrogens with zero attached hydrogens (tertiary/aromatic N) is 2. The summed E-state index contributed by atoms with van der Waals surface area (Å²) in [6.07, 6.45) is 2.47. The second kappa shape index (κ2) is 5.77. The van der Waals surface area contributed by atoms with Crippen molar-refractivity contribution >= 4 is 21.4 Å². The second-order valence-electron chi connectivity index (χ2n) is 5.00. The summed E-state index contributed by atoms with van der Waals surface area (Å²) in [5, 5.41) is 0.0209. The van der Waals surface area contributed by atoms with Crippen LogP contribution in [0.1, 0.15) is 24.7 Å². The van der Waals surface area contributed by atoms with E-state index in [-0.39, 0.29) is 5.03 Å². The number of aryl methyl sites for hydroxylation is 3. The summed E-state index contributed by atoms with van der Waals surface area (Å²) in [5.41, 5.74) is 7.67. The van der Waals surface area contributed by atoms with Crippen molar-refractivity contribution < 1.29 is 8.42 Å². The first-order valence-corrected chi connectivity index (χ1v) is 8.24. The molecule has 0 atom stereocenters. The van der Waals surface area contributed by atoms with Gasteiger partial charge in [-0.15, -0.1) is 0 Å². The molecule has 0 amide bonds. The van der Waals surface area contributed by atoms with E-state index in [0.29, 0.717) is 17.2 Å². The third-order valence-corrected chi connectivity index (χ3v) is 4.48. The molecule has 21 heavy (non-hydrogen) atoms. The number of nitrogens with one attached hydrogen (secondary N) is 1. The van der Waals surface area contributed by atoms with Gasteiger partial charge in [0.15, 0.2) is 5.03 Å². The van der Waals surface area contributed by atoms with E-state index in [1.165, 1.54) is 0 Å². The van der Waals surface area contributed by atoms with Crippen molar-refractivity contribution in [2.24, 2.45) is 0 Å². The lowest BCUT2D eigenvalue weighted by atomic mass is 10.2. The normalized spacial score (nSPS) is 11.6. The average Bonchev–Trinajstić information content (AvgIpc) is 2.77. The van der Waals surface area contributed by atoms with Gasteiger partial charge in [0.05, 0.1) is 5.69 Å². The van der Waals surface area contributed by atoms with Crippen LogP contribution in [0.4, 0.5) is 11.4 Å². The van der Waals surface area contributed by atoms with Gasteiger partial charge in [0, 0.05) is 18.4 Å². The minimum absolute atomic E-state index is 0.0209. The summed E-state index contributed by atoms with van der Waals surface area (Å²) in [7, 11) is -3.70. The van der Waals surface area contributed by atoms with E-state index in [9.17, 15) is 8.42 Å². The van der Waals surface area contributed by atoms with Gasteiger partial charge >= 0.3 is 0 Å². The molecule has 0 bridgehead atoms. The van der Waals surface area contributed by atoms with Crippen LogP contribution in [-0.2, 0) is 16.6 Å². The summed E-state index contributed by atoms with van der Waals surface area (Å²) >= 11 is 0. The monoisotopic (exact) mass is 308 g/mol. The molecule has 2 rings (SSSR count). The average molecular weight is 308 g/mol. The molecule has 0 fully saturated rings. The predicted octanol–water partition coefficient (Wildman–Crippen LogP) is 2.29. The van der Waals surface area contributed by atoms with Crippen LogP contribution < -0.4 is 10.5 Å². The highest BCUT2D eigenvalue weighted by atomic mass is 32.2. The number of rotatable bonds is 5. The van der Waals surface area contributed by atoms with Crippen molar-refractivity contribution in [3.8, 4) is 0 Å². The molecule has 0 aliphatic carbocycles. The smallest absolute Gasteiger partial charge is 0.280 e. The molecule has 0 saturated carbocycles. The number of benzene rings is 1. The maximum absolute atomic E-state index is 12.3. The van der Waals surface area contributed by atoms with Crippen molar-refractivity contribution in [2.45, 2.75) is 38.8 Å². The molecule has 7 heteroatoms. The van der Waals surface area contributed by atoms with Crippen LogP contribution in [0.25, 0.3) is 0 Å². The summed E-state index contributed by atoms with van der Waals surface area (Å²) in [4.78, 5) is 4.12. The van der Waals surface area contributed by atoms with Crippen molar-refractivity contribution in [3.63, 3.8) is 0 Å². The van der Waals surface area contributed by atoms with E-state index in [0.717, 1.165) is 18.5 Å². The molecule has 0 aliphatic heterocycles. The van der Waals surface area contributed by atoms with Gasteiger partial charge in [-0.25, -0.2) is 4.98 Å². The van der Waals surface area contributed by atoms with Gasteiger partial charge in [0.25, 0.3) is 10.0 Å². The Morgan fingerprint density at radius 2 is 2.05 bits per heavy atom. The van der Waals surface area contributed by atoms with Crippen LogP contribution in [0.15, 0.2) is 29.4 Å². The quantitative estimate of drug-likeness (QED) is 0.829. The first-order valence-electron chi connectivity index (χ1n) is 6.76. The first kappa shape index (κ1) is 15.4. The standard InChI is InChI=1S/C14H20N4O2S/c1-4-7-18-9-14(16-11(18)3)21(19,20)17-12-6-5-10(2)13(15)8-12/h5-6,8-9,17H,4,7,15H2,1-3H3. The molecular weight excluding hydrogens is 288 g/mol. The van der Waals surface area contributed by atoms with E-state index >= 15 is 0 Å². The van der Waals surface area contributed by atoms with Crippen LogP contribution in [0, 0.1) is 13.8 Å². The summed E-state index contributed by atoms with van der Waals surface area (Å²) in [5.74, 6) is 0.681. The molecule has 1 aromatic carbocycles. The lowest BCUT2D eigenvalue weighted by Gasteiger charge is -2.07. The minimum atomic E-state index is -3.70. The van der Waals surface area contributed by atoms with E-state index in [2.05, 4.69) is 9.71 Å². The van der Waals surface area contributed by atoms with Crippen LogP contribution in [0.5, 0.6) is 0 Å². The van der Waals surface area contributed by atoms with Gasteiger partial charge in [0.2, 0.25) is 0 Å². The second-order valence-corrected chi connectivity index (χ2v) is 6.63. The maximum Gasteiger partial charge on any atom is 0.280 e. The zero-order valence-electron chi connectivity index (χ0n) is 12.4. The van der Waals surface area contributed by atoms with Crippen molar-refractivity contribution in [1.82, 2.24) is 9.55 Å². The Hall–Kier alpha value is -2.02. The molecule has 1 heterocycles. The molecule has 1 aromatic heterocycles. The minimum Gasteiger partial charge on any atom is -0.398 e. The third-order valence-electron chi connectivity index (χ3n) is 3.23. The van der Waals surface area contributed by atoms with Crippen LogP contribution in [-0.4, -0.2) is 18.0 Å². The maximum atomic E-state index is 12.3. The lowest BCUT2D eigenvalue weighted by molar-refractivity contribution is 0.597. The van der Waals surface area contributed by atoms with E-state index in [1.807, 2.05) is 18.4 Å². The molecule has 6 nitrogen and oxygen atoms in total. The van der Waals surface area contributed by atoms with Crippen LogP contribution >= 0.6 is 0 Å². The molecule has 0 spiro atoms. The topological polar surface area (TPSA) is 90.0 Å². The molecule has 0 unspecified atom stereocenters. The van der Waals surface area contributed by atoms with Gasteiger partial charge in [-0.2, -0.15) is 8.42 Å². The first-order chi connectivity index (χ1) is 9.83. The number of nitrogens with two attached hydrogens (primary N) is 1. The molecule has 0 saturated heterocycles. The Kier molecular flexibility index (Phi) is 4.22. The zero-order chi connectivity index (χ0) is 15.6. The number of imidazole rings is 1. The Morgan fingerprint density at radius 1 is 1.33 bits per heavy atom. The highest BCUT2D eigenvalue weighted by molar-refractivity contribution is 7.92. The van der Waals surface area contributed by atoms with Crippen molar-refractivity contribution in [3.05, 3.63) is 35.8 Å². The number of hydrogen-bond donors (Lipinski definition) is 2. The zero-order valence-corrected chi connectivity index (χ0v) is 13.2. The summed E-state index contributed by atoms with van der Waals surface area (Å²) < 4.78 is 29.0. The van der Waals surface area contributed by atoms with Crippen molar-refractivity contribution in [2.75, 3.05) is 10.5 Å². The highest BCUT2D eigenvalue weighted by Gasteiger charge is 2.19. The fourth-order valence-corrected chi connectivity index (χ4v) is 3.05. The molecule has 0 aliphatic rings. The molecule has 114 valence electrons. The summed E-state index contributed by atoms with van der Waals surface area (Å²) in [6.45, 7) is 6.43.